The molecule has 0 amide bonds. The van der Waals surface area contributed by atoms with Crippen molar-refractivity contribution in [2.45, 2.75) is 38.5 Å². The molecule has 14 heavy (non-hydrogen) atoms. The van der Waals surface area contributed by atoms with E-state index in [4.69, 9.17) is 0 Å². The number of hydrogen-bond acceptors (Lipinski definition) is 1. The zero-order valence-corrected chi connectivity index (χ0v) is 10.4. The van der Waals surface area contributed by atoms with Gasteiger partial charge in [0.1, 0.15) is 0 Å². The minimum atomic E-state index is 0.795. The lowest BCUT2D eigenvalue weighted by Crippen LogP contribution is -1.99. The van der Waals surface area contributed by atoms with Crippen LogP contribution in [0.3, 0.4) is 0 Å². The first-order valence-corrected chi connectivity index (χ1v) is 6.53. The molecule has 0 fully saturated rings. The largest absolute Gasteiger partial charge is 0.129 e. The molecule has 78 valence electrons. The standard InChI is InChI=1S/C13H20S/c1-5-10(2)8-12-7-6-11(3)9-13(12)14-4/h6-7,9-10H,5,8H2,1-4H3. The second-order valence-corrected chi connectivity index (χ2v) is 4.88. The summed E-state index contributed by atoms with van der Waals surface area (Å²) in [6, 6.07) is 6.80. The Labute approximate surface area is 92.1 Å². The predicted molar refractivity (Wildman–Crippen MR) is 66.1 cm³/mol. The van der Waals surface area contributed by atoms with Crippen molar-refractivity contribution in [3.63, 3.8) is 0 Å². The maximum Gasteiger partial charge on any atom is 0.0104 e. The van der Waals surface area contributed by atoms with Crippen molar-refractivity contribution < 1.29 is 0 Å². The van der Waals surface area contributed by atoms with Crippen molar-refractivity contribution in [3.05, 3.63) is 29.3 Å². The Bertz CT molecular complexity index is 291. The molecule has 1 aromatic rings. The van der Waals surface area contributed by atoms with E-state index in [0.29, 0.717) is 0 Å². The molecule has 0 bridgehead atoms. The summed E-state index contributed by atoms with van der Waals surface area (Å²) in [5.74, 6) is 0.795. The predicted octanol–water partition coefficient (Wildman–Crippen LogP) is 4.31. The minimum absolute atomic E-state index is 0.795. The summed E-state index contributed by atoms with van der Waals surface area (Å²) in [4.78, 5) is 1.45. The number of rotatable bonds is 4. The summed E-state index contributed by atoms with van der Waals surface area (Å²) in [6.45, 7) is 6.74. The number of benzene rings is 1. The van der Waals surface area contributed by atoms with Gasteiger partial charge in [0, 0.05) is 4.90 Å². The molecular weight excluding hydrogens is 188 g/mol. The third-order valence-corrected chi connectivity index (χ3v) is 3.53. The maximum atomic E-state index is 2.32. The zero-order valence-electron chi connectivity index (χ0n) is 9.63. The number of thioether (sulfide) groups is 1. The van der Waals surface area contributed by atoms with Crippen molar-refractivity contribution in [2.24, 2.45) is 5.92 Å². The topological polar surface area (TPSA) is 0 Å². The third-order valence-electron chi connectivity index (χ3n) is 2.71. The Morgan fingerprint density at radius 1 is 1.36 bits per heavy atom. The number of hydrogen-bond donors (Lipinski definition) is 0. The molecule has 1 unspecified atom stereocenters. The molecule has 0 heterocycles. The molecule has 0 aliphatic heterocycles. The van der Waals surface area contributed by atoms with Gasteiger partial charge in [0.15, 0.2) is 0 Å². The lowest BCUT2D eigenvalue weighted by molar-refractivity contribution is 0.556. The van der Waals surface area contributed by atoms with Crippen LogP contribution in [0.4, 0.5) is 0 Å². The highest BCUT2D eigenvalue weighted by molar-refractivity contribution is 7.98. The molecular formula is C13H20S. The maximum absolute atomic E-state index is 2.32. The summed E-state index contributed by atoms with van der Waals surface area (Å²) in [6.07, 6.45) is 4.64. The lowest BCUT2D eigenvalue weighted by Gasteiger charge is -2.12. The van der Waals surface area contributed by atoms with Gasteiger partial charge in [-0.3, -0.25) is 0 Å². The van der Waals surface area contributed by atoms with E-state index in [1.807, 2.05) is 11.8 Å². The van der Waals surface area contributed by atoms with Crippen LogP contribution in [0.25, 0.3) is 0 Å². The normalized spacial score (nSPS) is 12.9. The summed E-state index contributed by atoms with van der Waals surface area (Å²) >= 11 is 1.86. The van der Waals surface area contributed by atoms with E-state index in [-0.39, 0.29) is 0 Å². The fourth-order valence-electron chi connectivity index (χ4n) is 1.54. The van der Waals surface area contributed by atoms with E-state index >= 15 is 0 Å². The van der Waals surface area contributed by atoms with Gasteiger partial charge in [0.25, 0.3) is 0 Å². The Hall–Kier alpha value is -0.430. The van der Waals surface area contributed by atoms with Gasteiger partial charge >= 0.3 is 0 Å². The SMILES string of the molecule is CCC(C)Cc1ccc(C)cc1SC. The Morgan fingerprint density at radius 3 is 2.64 bits per heavy atom. The van der Waals surface area contributed by atoms with E-state index in [1.54, 1.807) is 0 Å². The summed E-state index contributed by atoms with van der Waals surface area (Å²) in [5, 5.41) is 0. The highest BCUT2D eigenvalue weighted by Gasteiger charge is 2.05. The van der Waals surface area contributed by atoms with E-state index in [1.165, 1.54) is 28.9 Å². The second-order valence-electron chi connectivity index (χ2n) is 4.03. The minimum Gasteiger partial charge on any atom is -0.129 e. The first-order chi connectivity index (χ1) is 6.67. The first kappa shape index (κ1) is 11.6. The van der Waals surface area contributed by atoms with Crippen molar-refractivity contribution >= 4 is 11.8 Å². The molecule has 0 saturated heterocycles. The molecule has 0 saturated carbocycles. The fraction of sp³-hybridized carbons (Fsp3) is 0.538. The van der Waals surface area contributed by atoms with Crippen LogP contribution >= 0.6 is 11.8 Å². The summed E-state index contributed by atoms with van der Waals surface area (Å²) in [5.41, 5.74) is 2.87. The smallest absolute Gasteiger partial charge is 0.0104 e. The van der Waals surface area contributed by atoms with Gasteiger partial charge in [0.2, 0.25) is 0 Å². The van der Waals surface area contributed by atoms with Crippen LogP contribution in [0.15, 0.2) is 23.1 Å². The van der Waals surface area contributed by atoms with Crippen LogP contribution in [0, 0.1) is 12.8 Å². The van der Waals surface area contributed by atoms with Gasteiger partial charge in [-0.15, -0.1) is 11.8 Å². The van der Waals surface area contributed by atoms with E-state index < -0.39 is 0 Å². The molecule has 0 aromatic heterocycles. The molecule has 1 atom stereocenters. The number of aryl methyl sites for hydroxylation is 1. The van der Waals surface area contributed by atoms with Crippen molar-refractivity contribution in [3.8, 4) is 0 Å². The van der Waals surface area contributed by atoms with Crippen molar-refractivity contribution in [2.75, 3.05) is 6.26 Å². The molecule has 0 N–H and O–H groups in total. The third kappa shape index (κ3) is 3.06. The Balaban J connectivity index is 2.85. The van der Waals surface area contributed by atoms with Gasteiger partial charge in [-0.2, -0.15) is 0 Å². The average Bonchev–Trinajstić information content (AvgIpc) is 2.20. The molecule has 0 aliphatic rings. The van der Waals surface area contributed by atoms with Gasteiger partial charge in [-0.1, -0.05) is 38.0 Å². The molecule has 1 aromatic carbocycles. The van der Waals surface area contributed by atoms with Crippen LogP contribution in [0.5, 0.6) is 0 Å². The monoisotopic (exact) mass is 208 g/mol. The Kier molecular flexibility index (Phi) is 4.53. The van der Waals surface area contributed by atoms with Crippen LogP contribution in [0.1, 0.15) is 31.4 Å². The van der Waals surface area contributed by atoms with Crippen LogP contribution in [0.2, 0.25) is 0 Å². The quantitative estimate of drug-likeness (QED) is 0.665. The van der Waals surface area contributed by atoms with Crippen LogP contribution in [-0.2, 0) is 6.42 Å². The highest BCUT2D eigenvalue weighted by atomic mass is 32.2. The zero-order chi connectivity index (χ0) is 10.6. The molecule has 1 rings (SSSR count). The van der Waals surface area contributed by atoms with Crippen molar-refractivity contribution in [1.82, 2.24) is 0 Å². The Morgan fingerprint density at radius 2 is 2.07 bits per heavy atom. The molecule has 1 heteroatoms. The lowest BCUT2D eigenvalue weighted by atomic mass is 9.98. The first-order valence-electron chi connectivity index (χ1n) is 5.30. The fourth-order valence-corrected chi connectivity index (χ4v) is 2.26. The molecule has 0 nitrogen and oxygen atoms in total. The van der Waals surface area contributed by atoms with Gasteiger partial charge in [-0.25, -0.2) is 0 Å². The van der Waals surface area contributed by atoms with Crippen LogP contribution in [-0.4, -0.2) is 6.26 Å². The van der Waals surface area contributed by atoms with Gasteiger partial charge < -0.3 is 0 Å². The highest BCUT2D eigenvalue weighted by Crippen LogP contribution is 2.24. The van der Waals surface area contributed by atoms with E-state index in [0.717, 1.165) is 5.92 Å². The van der Waals surface area contributed by atoms with Gasteiger partial charge in [0.05, 0.1) is 0 Å². The summed E-state index contributed by atoms with van der Waals surface area (Å²) < 4.78 is 0. The molecule has 0 aliphatic carbocycles. The van der Waals surface area contributed by atoms with E-state index in [9.17, 15) is 0 Å². The second kappa shape index (κ2) is 5.45. The van der Waals surface area contributed by atoms with E-state index in [2.05, 4.69) is 45.2 Å². The molecule has 0 radical (unpaired) electrons. The average molecular weight is 208 g/mol. The summed E-state index contributed by atoms with van der Waals surface area (Å²) in [7, 11) is 0. The van der Waals surface area contributed by atoms with Gasteiger partial charge in [-0.05, 0) is 37.1 Å². The van der Waals surface area contributed by atoms with Crippen LogP contribution < -0.4 is 0 Å². The molecule has 0 spiro atoms. The van der Waals surface area contributed by atoms with Crippen molar-refractivity contribution in [1.29, 1.82) is 0 Å².